The normalized spacial score (nSPS) is 22.3. The zero-order chi connectivity index (χ0) is 22.2. The van der Waals surface area contributed by atoms with E-state index in [1.165, 1.54) is 6.07 Å². The lowest BCUT2D eigenvalue weighted by atomic mass is 9.83. The van der Waals surface area contributed by atoms with Gasteiger partial charge in [-0.05, 0) is 81.4 Å². The number of imidazole rings is 1. The zero-order valence-electron chi connectivity index (χ0n) is 18.6. The molecule has 5 heteroatoms. The van der Waals surface area contributed by atoms with Crippen molar-refractivity contribution < 1.29 is 9.18 Å². The van der Waals surface area contributed by atoms with Crippen LogP contribution < -0.4 is 0 Å². The first-order valence-electron chi connectivity index (χ1n) is 11.4. The predicted molar refractivity (Wildman–Crippen MR) is 124 cm³/mol. The third kappa shape index (κ3) is 3.77. The van der Waals surface area contributed by atoms with Crippen LogP contribution in [-0.4, -0.2) is 26.4 Å². The van der Waals surface area contributed by atoms with Crippen molar-refractivity contribution in [3.8, 4) is 5.69 Å². The predicted octanol–water partition coefficient (Wildman–Crippen LogP) is 5.93. The number of aromatic nitrogens is 2. The number of hydrogen-bond donors (Lipinski definition) is 0. The Kier molecular flexibility index (Phi) is 5.41. The molecule has 0 radical (unpaired) electrons. The van der Waals surface area contributed by atoms with E-state index in [1.807, 2.05) is 47.1 Å². The van der Waals surface area contributed by atoms with Gasteiger partial charge in [0.05, 0.1) is 18.1 Å². The van der Waals surface area contributed by atoms with Crippen LogP contribution in [0.3, 0.4) is 0 Å². The molecule has 0 saturated carbocycles. The number of aryl methyl sites for hydroxylation is 2. The van der Waals surface area contributed by atoms with Crippen LogP contribution in [0.5, 0.6) is 0 Å². The number of halogens is 1. The Hall–Kier alpha value is -3.21. The first-order valence-corrected chi connectivity index (χ1v) is 11.4. The Morgan fingerprint density at radius 2 is 1.94 bits per heavy atom. The minimum Gasteiger partial charge on any atom is -0.329 e. The van der Waals surface area contributed by atoms with Gasteiger partial charge in [-0.2, -0.15) is 0 Å². The third-order valence-corrected chi connectivity index (χ3v) is 6.82. The van der Waals surface area contributed by atoms with Gasteiger partial charge >= 0.3 is 0 Å². The first kappa shape index (κ1) is 20.7. The maximum absolute atomic E-state index is 14.6. The molecular formula is C27H28FN3O. The lowest BCUT2D eigenvalue weighted by molar-refractivity contribution is -0.136. The Bertz CT molecular complexity index is 1200. The minimum absolute atomic E-state index is 0.0566. The van der Waals surface area contributed by atoms with Crippen LogP contribution in [0, 0.1) is 19.7 Å². The van der Waals surface area contributed by atoms with E-state index in [0.717, 1.165) is 60.2 Å². The van der Waals surface area contributed by atoms with E-state index in [9.17, 15) is 9.18 Å². The van der Waals surface area contributed by atoms with E-state index in [2.05, 4.69) is 30.1 Å². The van der Waals surface area contributed by atoms with E-state index >= 15 is 0 Å². The molecule has 0 bridgehead atoms. The van der Waals surface area contributed by atoms with Crippen molar-refractivity contribution in [3.63, 3.8) is 0 Å². The highest BCUT2D eigenvalue weighted by Crippen LogP contribution is 2.41. The van der Waals surface area contributed by atoms with Gasteiger partial charge in [-0.3, -0.25) is 4.79 Å². The van der Waals surface area contributed by atoms with E-state index in [1.54, 1.807) is 6.07 Å². The molecule has 2 atom stereocenters. The summed E-state index contributed by atoms with van der Waals surface area (Å²) in [4.78, 5) is 19.8. The van der Waals surface area contributed by atoms with Crippen LogP contribution in [0.25, 0.3) is 11.8 Å². The van der Waals surface area contributed by atoms with Crippen LogP contribution in [0.1, 0.15) is 60.5 Å². The fourth-order valence-electron chi connectivity index (χ4n) is 5.26. The molecule has 3 heterocycles. The second-order valence-corrected chi connectivity index (χ2v) is 9.01. The fourth-order valence-corrected chi connectivity index (χ4v) is 5.26. The third-order valence-electron chi connectivity index (χ3n) is 6.82. The van der Waals surface area contributed by atoms with Crippen molar-refractivity contribution in [1.82, 2.24) is 14.5 Å². The van der Waals surface area contributed by atoms with E-state index in [-0.39, 0.29) is 23.8 Å². The average molecular weight is 430 g/mol. The Labute approximate surface area is 188 Å². The summed E-state index contributed by atoms with van der Waals surface area (Å²) in [7, 11) is 0. The summed E-state index contributed by atoms with van der Waals surface area (Å²) in [6, 6.07) is 13.1. The highest BCUT2D eigenvalue weighted by Gasteiger charge is 2.40. The van der Waals surface area contributed by atoms with Gasteiger partial charge in [0, 0.05) is 29.1 Å². The highest BCUT2D eigenvalue weighted by atomic mass is 19.1. The summed E-state index contributed by atoms with van der Waals surface area (Å²) in [5.74, 6) is -0.163. The topological polar surface area (TPSA) is 38.1 Å². The Morgan fingerprint density at radius 1 is 1.09 bits per heavy atom. The van der Waals surface area contributed by atoms with Crippen molar-refractivity contribution in [3.05, 3.63) is 88.8 Å². The van der Waals surface area contributed by atoms with Crippen LogP contribution in [-0.2, 0) is 4.79 Å². The summed E-state index contributed by atoms with van der Waals surface area (Å²) >= 11 is 0. The van der Waals surface area contributed by atoms with Gasteiger partial charge in [0.2, 0.25) is 0 Å². The van der Waals surface area contributed by atoms with Gasteiger partial charge < -0.3 is 9.47 Å². The van der Waals surface area contributed by atoms with Gasteiger partial charge in [-0.25, -0.2) is 9.37 Å². The van der Waals surface area contributed by atoms with Crippen LogP contribution in [0.4, 0.5) is 4.39 Å². The molecule has 2 saturated heterocycles. The van der Waals surface area contributed by atoms with Crippen LogP contribution in [0.2, 0.25) is 0 Å². The molecule has 0 aliphatic carbocycles. The van der Waals surface area contributed by atoms with Gasteiger partial charge in [0.25, 0.3) is 5.91 Å². The largest absolute Gasteiger partial charge is 0.329 e. The second kappa shape index (κ2) is 8.38. The molecule has 2 aliphatic rings. The monoisotopic (exact) mass is 429 g/mol. The molecule has 0 unspecified atom stereocenters. The molecule has 1 amide bonds. The maximum Gasteiger partial charge on any atom is 0.250 e. The zero-order valence-corrected chi connectivity index (χ0v) is 18.6. The molecule has 2 fully saturated rings. The number of fused-ring (bicyclic) bond motifs is 1. The Morgan fingerprint density at radius 3 is 2.69 bits per heavy atom. The summed E-state index contributed by atoms with van der Waals surface area (Å²) in [6.07, 6.45) is 10.4. The van der Waals surface area contributed by atoms with Crippen molar-refractivity contribution in [2.75, 3.05) is 0 Å². The summed E-state index contributed by atoms with van der Waals surface area (Å²) in [5.41, 5.74) is 5.66. The standard InChI is InChI=1S/C27H28FN3O/c1-18-14-20(10-13-25(18)30-16-19(2)29-17-30)15-21-11-12-22-6-5-9-26(31(22)27(21)32)23-7-3-4-8-24(23)28/h3-4,7-8,10,13-17,22,26H,5-6,9,11-12H2,1-2H3/b21-15+/t22-,26+/m0/s1. The number of carbonyl (C=O) groups excluding carboxylic acids is 1. The first-order chi connectivity index (χ1) is 15.5. The van der Waals surface area contributed by atoms with Crippen molar-refractivity contribution in [1.29, 1.82) is 0 Å². The molecule has 2 aromatic carbocycles. The molecule has 32 heavy (non-hydrogen) atoms. The van der Waals surface area contributed by atoms with E-state index < -0.39 is 0 Å². The fraction of sp³-hybridized carbons (Fsp3) is 0.333. The summed E-state index contributed by atoms with van der Waals surface area (Å²) in [6.45, 7) is 4.05. The molecule has 2 aliphatic heterocycles. The van der Waals surface area contributed by atoms with E-state index in [4.69, 9.17) is 0 Å². The van der Waals surface area contributed by atoms with Gasteiger partial charge in [-0.1, -0.05) is 24.3 Å². The molecule has 4 nitrogen and oxygen atoms in total. The number of nitrogens with zero attached hydrogens (tertiary/aromatic N) is 3. The van der Waals surface area contributed by atoms with Gasteiger partial charge in [0.15, 0.2) is 0 Å². The molecule has 5 rings (SSSR count). The highest BCUT2D eigenvalue weighted by molar-refractivity contribution is 5.99. The number of piperidine rings is 2. The van der Waals surface area contributed by atoms with Crippen LogP contribution in [0.15, 0.2) is 60.6 Å². The second-order valence-electron chi connectivity index (χ2n) is 9.01. The maximum atomic E-state index is 14.6. The smallest absolute Gasteiger partial charge is 0.250 e. The molecule has 1 aromatic heterocycles. The number of benzene rings is 2. The SMILES string of the molecule is Cc1cn(-c2ccc(/C=C3\CC[C@@H]4CCC[C@H](c5ccccc5F)N4C3=O)cc2C)cn1. The average Bonchev–Trinajstić information content (AvgIpc) is 3.22. The number of amides is 1. The van der Waals surface area contributed by atoms with Gasteiger partial charge in [0.1, 0.15) is 5.82 Å². The van der Waals surface area contributed by atoms with Crippen molar-refractivity contribution in [2.24, 2.45) is 0 Å². The lowest BCUT2D eigenvalue weighted by Gasteiger charge is -2.46. The minimum atomic E-state index is -0.219. The van der Waals surface area contributed by atoms with Crippen molar-refractivity contribution >= 4 is 12.0 Å². The summed E-state index contributed by atoms with van der Waals surface area (Å²) < 4.78 is 16.6. The molecular weight excluding hydrogens is 401 g/mol. The number of rotatable bonds is 3. The van der Waals surface area contributed by atoms with E-state index in [0.29, 0.717) is 5.56 Å². The van der Waals surface area contributed by atoms with Gasteiger partial charge in [-0.15, -0.1) is 0 Å². The molecule has 3 aromatic rings. The quantitative estimate of drug-likeness (QED) is 0.484. The lowest BCUT2D eigenvalue weighted by Crippen LogP contribution is -2.49. The van der Waals surface area contributed by atoms with Crippen LogP contribution >= 0.6 is 0 Å². The molecule has 164 valence electrons. The van der Waals surface area contributed by atoms with Crippen molar-refractivity contribution in [2.45, 2.75) is 58.0 Å². The summed E-state index contributed by atoms with van der Waals surface area (Å²) in [5, 5.41) is 0. The Balaban J connectivity index is 1.44. The number of carbonyl (C=O) groups is 1. The molecule has 0 spiro atoms. The molecule has 0 N–H and O–H groups in total. The number of hydrogen-bond acceptors (Lipinski definition) is 2.